The number of carbonyl (C=O) groups excluding carboxylic acids is 2. The molecule has 6 heteroatoms. The molecule has 170 valence electrons. The first-order chi connectivity index (χ1) is 16.0. The SMILES string of the molecule is COc1ccc(C(CC(=O)NCc2ccc(C)cc2)N2Cc3ccccc3C2=O)cc1OC. The van der Waals surface area contributed by atoms with Gasteiger partial charge in [-0.25, -0.2) is 0 Å². The van der Waals surface area contributed by atoms with Crippen LogP contribution in [0, 0.1) is 6.92 Å². The van der Waals surface area contributed by atoms with Gasteiger partial charge in [0.1, 0.15) is 0 Å². The largest absolute Gasteiger partial charge is 0.493 e. The molecule has 1 N–H and O–H groups in total. The number of benzene rings is 3. The van der Waals surface area contributed by atoms with Gasteiger partial charge in [-0.1, -0.05) is 54.1 Å². The van der Waals surface area contributed by atoms with Crippen molar-refractivity contribution in [3.63, 3.8) is 0 Å². The summed E-state index contributed by atoms with van der Waals surface area (Å²) in [5.74, 6) is 0.958. The van der Waals surface area contributed by atoms with Gasteiger partial charge in [0.05, 0.1) is 26.7 Å². The molecule has 3 aromatic rings. The van der Waals surface area contributed by atoms with E-state index in [0.717, 1.165) is 16.7 Å². The number of nitrogens with one attached hydrogen (secondary N) is 1. The molecule has 1 heterocycles. The topological polar surface area (TPSA) is 67.9 Å². The molecule has 0 fully saturated rings. The Morgan fingerprint density at radius 1 is 1.00 bits per heavy atom. The van der Waals surface area contributed by atoms with Gasteiger partial charge < -0.3 is 19.7 Å². The van der Waals surface area contributed by atoms with Gasteiger partial charge in [-0.15, -0.1) is 0 Å². The highest BCUT2D eigenvalue weighted by molar-refractivity contribution is 5.98. The minimum atomic E-state index is -0.442. The Bertz CT molecular complexity index is 1160. The fraction of sp³-hybridized carbons (Fsp3) is 0.259. The minimum Gasteiger partial charge on any atom is -0.493 e. The van der Waals surface area contributed by atoms with E-state index in [-0.39, 0.29) is 18.2 Å². The molecule has 0 saturated carbocycles. The van der Waals surface area contributed by atoms with Crippen LogP contribution in [0.3, 0.4) is 0 Å². The average Bonchev–Trinajstić information content (AvgIpc) is 3.18. The van der Waals surface area contributed by atoms with E-state index in [1.807, 2.05) is 67.6 Å². The monoisotopic (exact) mass is 444 g/mol. The zero-order chi connectivity index (χ0) is 23.4. The molecule has 1 aliphatic heterocycles. The number of hydrogen-bond donors (Lipinski definition) is 1. The summed E-state index contributed by atoms with van der Waals surface area (Å²) in [5, 5.41) is 3.00. The fourth-order valence-corrected chi connectivity index (χ4v) is 4.15. The summed E-state index contributed by atoms with van der Waals surface area (Å²) < 4.78 is 10.8. The van der Waals surface area contributed by atoms with Gasteiger partial charge in [-0.3, -0.25) is 9.59 Å². The van der Waals surface area contributed by atoms with Crippen LogP contribution in [-0.2, 0) is 17.9 Å². The van der Waals surface area contributed by atoms with Crippen LogP contribution in [0.15, 0.2) is 66.7 Å². The molecule has 4 rings (SSSR count). The highest BCUT2D eigenvalue weighted by Gasteiger charge is 2.34. The van der Waals surface area contributed by atoms with Crippen LogP contribution in [0.4, 0.5) is 0 Å². The summed E-state index contributed by atoms with van der Waals surface area (Å²) in [4.78, 5) is 28.0. The molecular formula is C27H28N2O4. The van der Waals surface area contributed by atoms with Crippen LogP contribution in [0.25, 0.3) is 0 Å². The Morgan fingerprint density at radius 2 is 1.73 bits per heavy atom. The number of amides is 2. The summed E-state index contributed by atoms with van der Waals surface area (Å²) in [7, 11) is 3.15. The number of rotatable bonds is 8. The zero-order valence-electron chi connectivity index (χ0n) is 19.1. The van der Waals surface area contributed by atoms with Crippen LogP contribution < -0.4 is 14.8 Å². The maximum atomic E-state index is 13.2. The summed E-state index contributed by atoms with van der Waals surface area (Å²) in [6.45, 7) is 2.92. The molecule has 2 amide bonds. The zero-order valence-corrected chi connectivity index (χ0v) is 19.1. The van der Waals surface area contributed by atoms with Gasteiger partial charge in [0, 0.05) is 18.7 Å². The third kappa shape index (κ3) is 4.85. The molecule has 0 radical (unpaired) electrons. The first kappa shape index (κ1) is 22.4. The third-order valence-corrected chi connectivity index (χ3v) is 6.01. The number of aryl methyl sites for hydroxylation is 1. The van der Waals surface area contributed by atoms with Crippen molar-refractivity contribution in [1.82, 2.24) is 10.2 Å². The van der Waals surface area contributed by atoms with E-state index < -0.39 is 6.04 Å². The molecule has 33 heavy (non-hydrogen) atoms. The highest BCUT2D eigenvalue weighted by Crippen LogP contribution is 2.37. The van der Waals surface area contributed by atoms with Crippen molar-refractivity contribution < 1.29 is 19.1 Å². The first-order valence-corrected chi connectivity index (χ1v) is 10.9. The molecule has 1 aliphatic rings. The van der Waals surface area contributed by atoms with Crippen LogP contribution in [0.1, 0.15) is 45.1 Å². The van der Waals surface area contributed by atoms with E-state index in [0.29, 0.717) is 30.2 Å². The minimum absolute atomic E-state index is 0.0725. The second-order valence-electron chi connectivity index (χ2n) is 8.19. The lowest BCUT2D eigenvalue weighted by molar-refractivity contribution is -0.122. The quantitative estimate of drug-likeness (QED) is 0.559. The molecule has 1 unspecified atom stereocenters. The molecule has 0 aromatic heterocycles. The molecule has 0 spiro atoms. The van der Waals surface area contributed by atoms with Gasteiger partial charge in [-0.05, 0) is 41.8 Å². The van der Waals surface area contributed by atoms with Crippen molar-refractivity contribution in [3.8, 4) is 11.5 Å². The third-order valence-electron chi connectivity index (χ3n) is 6.01. The van der Waals surface area contributed by atoms with Crippen molar-refractivity contribution in [2.75, 3.05) is 14.2 Å². The molecule has 1 atom stereocenters. The van der Waals surface area contributed by atoms with Crippen molar-refractivity contribution >= 4 is 11.8 Å². The molecule has 3 aromatic carbocycles. The second kappa shape index (κ2) is 9.77. The van der Waals surface area contributed by atoms with Crippen molar-refractivity contribution in [1.29, 1.82) is 0 Å². The van der Waals surface area contributed by atoms with Crippen molar-refractivity contribution in [3.05, 3.63) is 94.5 Å². The first-order valence-electron chi connectivity index (χ1n) is 10.9. The van der Waals surface area contributed by atoms with E-state index in [1.165, 1.54) is 5.56 Å². The fourth-order valence-electron chi connectivity index (χ4n) is 4.15. The van der Waals surface area contributed by atoms with Gasteiger partial charge >= 0.3 is 0 Å². The van der Waals surface area contributed by atoms with Gasteiger partial charge in [-0.2, -0.15) is 0 Å². The van der Waals surface area contributed by atoms with Crippen LogP contribution in [-0.4, -0.2) is 30.9 Å². The maximum Gasteiger partial charge on any atom is 0.255 e. The Balaban J connectivity index is 1.58. The number of nitrogens with zero attached hydrogens (tertiary/aromatic N) is 1. The van der Waals surface area contributed by atoms with Crippen LogP contribution >= 0.6 is 0 Å². The van der Waals surface area contributed by atoms with Gasteiger partial charge in [0.15, 0.2) is 11.5 Å². The second-order valence-corrected chi connectivity index (χ2v) is 8.19. The lowest BCUT2D eigenvalue weighted by Gasteiger charge is -2.28. The average molecular weight is 445 g/mol. The maximum absolute atomic E-state index is 13.2. The number of hydrogen-bond acceptors (Lipinski definition) is 4. The lowest BCUT2D eigenvalue weighted by Crippen LogP contribution is -2.34. The molecule has 6 nitrogen and oxygen atoms in total. The van der Waals surface area contributed by atoms with E-state index in [1.54, 1.807) is 25.2 Å². The van der Waals surface area contributed by atoms with Gasteiger partial charge in [0.25, 0.3) is 5.91 Å². The Hall–Kier alpha value is -3.80. The Morgan fingerprint density at radius 3 is 2.42 bits per heavy atom. The number of methoxy groups -OCH3 is 2. The highest BCUT2D eigenvalue weighted by atomic mass is 16.5. The summed E-state index contributed by atoms with van der Waals surface area (Å²) >= 11 is 0. The van der Waals surface area contributed by atoms with Crippen LogP contribution in [0.5, 0.6) is 11.5 Å². The molecule has 0 bridgehead atoms. The summed E-state index contributed by atoms with van der Waals surface area (Å²) in [6.07, 6.45) is 0.140. The van der Waals surface area contributed by atoms with Crippen molar-refractivity contribution in [2.45, 2.75) is 32.5 Å². The van der Waals surface area contributed by atoms with E-state index in [2.05, 4.69) is 5.32 Å². The molecule has 0 saturated heterocycles. The predicted molar refractivity (Wildman–Crippen MR) is 126 cm³/mol. The summed E-state index contributed by atoms with van der Waals surface area (Å²) in [6, 6.07) is 20.7. The number of ether oxygens (including phenoxy) is 2. The van der Waals surface area contributed by atoms with E-state index in [9.17, 15) is 9.59 Å². The Kier molecular flexibility index (Phi) is 6.63. The van der Waals surface area contributed by atoms with Crippen LogP contribution in [0.2, 0.25) is 0 Å². The van der Waals surface area contributed by atoms with Gasteiger partial charge in [0.2, 0.25) is 5.91 Å². The normalized spacial score (nSPS) is 13.4. The smallest absolute Gasteiger partial charge is 0.255 e. The number of carbonyl (C=O) groups is 2. The van der Waals surface area contributed by atoms with Crippen molar-refractivity contribution in [2.24, 2.45) is 0 Å². The van der Waals surface area contributed by atoms with E-state index in [4.69, 9.17) is 9.47 Å². The molecule has 0 aliphatic carbocycles. The van der Waals surface area contributed by atoms with E-state index >= 15 is 0 Å². The predicted octanol–water partition coefficient (Wildman–Crippen LogP) is 4.42. The number of fused-ring (bicyclic) bond motifs is 1. The Labute approximate surface area is 194 Å². The standard InChI is InChI=1S/C27H28N2O4/c1-18-8-10-19(11-9-18)16-28-26(30)15-23(20-12-13-24(32-2)25(14-20)33-3)29-17-21-6-4-5-7-22(21)27(29)31/h4-14,23H,15-17H2,1-3H3,(H,28,30). The summed E-state index contributed by atoms with van der Waals surface area (Å²) in [5.41, 5.74) is 4.67. The molecular weight excluding hydrogens is 416 g/mol. The lowest BCUT2D eigenvalue weighted by atomic mass is 10.0.